The molecule has 1 atom stereocenters. The zero-order valence-electron chi connectivity index (χ0n) is 11.9. The summed E-state index contributed by atoms with van der Waals surface area (Å²) >= 11 is 0. The number of carbonyl (C=O) groups is 1. The minimum Gasteiger partial charge on any atom is -0.327 e. The van der Waals surface area contributed by atoms with Gasteiger partial charge in [-0.15, -0.1) is 10.2 Å². The third-order valence-corrected chi connectivity index (χ3v) is 2.87. The Kier molecular flexibility index (Phi) is 6.35. The maximum Gasteiger partial charge on any atom is 0.249 e. The van der Waals surface area contributed by atoms with Crippen molar-refractivity contribution in [2.24, 2.45) is 5.73 Å². The van der Waals surface area contributed by atoms with Crippen LogP contribution in [0.5, 0.6) is 0 Å². The molecule has 0 aliphatic rings. The van der Waals surface area contributed by atoms with Crippen molar-refractivity contribution in [3.63, 3.8) is 0 Å². The molecule has 1 rings (SSSR count). The first-order valence-corrected chi connectivity index (χ1v) is 6.88. The highest BCUT2D eigenvalue weighted by atomic mass is 16.1. The van der Waals surface area contributed by atoms with Gasteiger partial charge in [-0.1, -0.05) is 27.2 Å². The van der Waals surface area contributed by atoms with Gasteiger partial charge in [0.05, 0.1) is 11.4 Å². The number of nitrogens with one attached hydrogen (secondary N) is 1. The van der Waals surface area contributed by atoms with Gasteiger partial charge in [0, 0.05) is 12.5 Å². The number of nitrogens with zero attached hydrogens (tertiary/aromatic N) is 3. The first kappa shape index (κ1) is 15.5. The Bertz CT molecular complexity index is 421. The van der Waals surface area contributed by atoms with Crippen molar-refractivity contribution in [2.75, 3.05) is 5.32 Å². The van der Waals surface area contributed by atoms with Gasteiger partial charge in [0.1, 0.15) is 0 Å². The highest BCUT2D eigenvalue weighted by molar-refractivity contribution is 5.89. The van der Waals surface area contributed by atoms with Gasteiger partial charge in [-0.3, -0.25) is 10.1 Å². The van der Waals surface area contributed by atoms with E-state index in [9.17, 15) is 4.79 Å². The minimum absolute atomic E-state index is 0.112. The molecule has 0 bridgehead atoms. The fourth-order valence-corrected chi connectivity index (χ4v) is 1.88. The molecule has 106 valence electrons. The number of amides is 1. The van der Waals surface area contributed by atoms with Crippen molar-refractivity contribution in [3.8, 4) is 0 Å². The van der Waals surface area contributed by atoms with Crippen LogP contribution >= 0.6 is 0 Å². The molecule has 0 saturated heterocycles. The molecular weight excluding hydrogens is 242 g/mol. The first-order chi connectivity index (χ1) is 9.10. The predicted octanol–water partition coefficient (Wildman–Crippen LogP) is 1.45. The number of hydrogen-bond acceptors (Lipinski definition) is 5. The lowest BCUT2D eigenvalue weighted by atomic mass is 10.1. The molecule has 1 unspecified atom stereocenters. The van der Waals surface area contributed by atoms with E-state index in [1.165, 1.54) is 0 Å². The van der Waals surface area contributed by atoms with Crippen molar-refractivity contribution in [1.82, 2.24) is 15.2 Å². The lowest BCUT2D eigenvalue weighted by Gasteiger charge is -2.10. The zero-order chi connectivity index (χ0) is 14.3. The number of carbonyl (C=O) groups excluding carboxylic acids is 1. The molecule has 0 fully saturated rings. The molecule has 3 N–H and O–H groups in total. The molecule has 0 aliphatic carbocycles. The third-order valence-electron chi connectivity index (χ3n) is 2.87. The van der Waals surface area contributed by atoms with Crippen molar-refractivity contribution in [1.29, 1.82) is 0 Å². The maximum atomic E-state index is 11.8. The average molecular weight is 265 g/mol. The maximum absolute atomic E-state index is 11.8. The first-order valence-electron chi connectivity index (χ1n) is 6.88. The number of anilines is 1. The molecule has 1 amide bonds. The average Bonchev–Trinajstić information content (AvgIpc) is 2.38. The SMILES string of the molecule is CCCC(N)CC(=O)Nc1nnc(CC)c(CC)n1. The van der Waals surface area contributed by atoms with Gasteiger partial charge in [-0.05, 0) is 19.3 Å². The summed E-state index contributed by atoms with van der Waals surface area (Å²) in [6.45, 7) is 6.06. The van der Waals surface area contributed by atoms with Crippen LogP contribution < -0.4 is 11.1 Å². The summed E-state index contributed by atoms with van der Waals surface area (Å²) < 4.78 is 0. The van der Waals surface area contributed by atoms with E-state index in [1.807, 2.05) is 20.8 Å². The summed E-state index contributed by atoms with van der Waals surface area (Å²) in [6.07, 6.45) is 3.66. The van der Waals surface area contributed by atoms with Crippen molar-refractivity contribution in [2.45, 2.75) is 58.9 Å². The van der Waals surface area contributed by atoms with Crippen LogP contribution in [0.25, 0.3) is 0 Å². The van der Waals surface area contributed by atoms with E-state index in [1.54, 1.807) is 0 Å². The predicted molar refractivity (Wildman–Crippen MR) is 74.7 cm³/mol. The van der Waals surface area contributed by atoms with Crippen LogP contribution in [-0.2, 0) is 17.6 Å². The highest BCUT2D eigenvalue weighted by Gasteiger charge is 2.12. The van der Waals surface area contributed by atoms with E-state index >= 15 is 0 Å². The molecule has 19 heavy (non-hydrogen) atoms. The second kappa shape index (κ2) is 7.78. The number of aromatic nitrogens is 3. The van der Waals surface area contributed by atoms with Gasteiger partial charge in [0.25, 0.3) is 0 Å². The summed E-state index contributed by atoms with van der Waals surface area (Å²) in [7, 11) is 0. The van der Waals surface area contributed by atoms with Crippen LogP contribution in [0.15, 0.2) is 0 Å². The summed E-state index contributed by atoms with van der Waals surface area (Å²) in [5.41, 5.74) is 7.58. The van der Waals surface area contributed by atoms with E-state index in [0.717, 1.165) is 37.1 Å². The number of aryl methyl sites for hydroxylation is 2. The van der Waals surface area contributed by atoms with E-state index in [-0.39, 0.29) is 24.3 Å². The lowest BCUT2D eigenvalue weighted by molar-refractivity contribution is -0.116. The number of rotatable bonds is 7. The van der Waals surface area contributed by atoms with Crippen molar-refractivity contribution < 1.29 is 4.79 Å². The van der Waals surface area contributed by atoms with Crippen LogP contribution in [0.1, 0.15) is 51.4 Å². The van der Waals surface area contributed by atoms with Gasteiger partial charge in [-0.25, -0.2) is 4.98 Å². The number of hydrogen-bond donors (Lipinski definition) is 2. The molecule has 0 spiro atoms. The van der Waals surface area contributed by atoms with E-state index in [0.29, 0.717) is 0 Å². The standard InChI is InChI=1S/C13H23N5O/c1-4-7-9(14)8-12(19)16-13-15-10(5-2)11(6-3)17-18-13/h9H,4-8,14H2,1-3H3,(H,15,16,18,19). The summed E-state index contributed by atoms with van der Waals surface area (Å²) in [4.78, 5) is 16.1. The minimum atomic E-state index is -0.158. The lowest BCUT2D eigenvalue weighted by Crippen LogP contribution is -2.27. The Morgan fingerprint density at radius 3 is 2.47 bits per heavy atom. The third kappa shape index (κ3) is 4.90. The van der Waals surface area contributed by atoms with Gasteiger partial charge in [-0.2, -0.15) is 0 Å². The Morgan fingerprint density at radius 2 is 1.89 bits per heavy atom. The Morgan fingerprint density at radius 1 is 1.21 bits per heavy atom. The molecule has 0 saturated carbocycles. The fourth-order valence-electron chi connectivity index (χ4n) is 1.88. The zero-order valence-corrected chi connectivity index (χ0v) is 11.9. The summed E-state index contributed by atoms with van der Waals surface area (Å²) in [6, 6.07) is -0.112. The Hall–Kier alpha value is -1.56. The van der Waals surface area contributed by atoms with E-state index in [2.05, 4.69) is 20.5 Å². The molecule has 6 heteroatoms. The monoisotopic (exact) mass is 265 g/mol. The van der Waals surface area contributed by atoms with Crippen molar-refractivity contribution in [3.05, 3.63) is 11.4 Å². The van der Waals surface area contributed by atoms with E-state index in [4.69, 9.17) is 5.73 Å². The Balaban J connectivity index is 2.64. The van der Waals surface area contributed by atoms with Gasteiger partial charge in [0.15, 0.2) is 0 Å². The topological polar surface area (TPSA) is 93.8 Å². The molecule has 1 aromatic heterocycles. The molecule has 1 aromatic rings. The van der Waals surface area contributed by atoms with Crippen molar-refractivity contribution >= 4 is 11.9 Å². The van der Waals surface area contributed by atoms with E-state index < -0.39 is 0 Å². The van der Waals surface area contributed by atoms with Crippen LogP contribution in [0.4, 0.5) is 5.95 Å². The van der Waals surface area contributed by atoms with Crippen LogP contribution in [0, 0.1) is 0 Å². The van der Waals surface area contributed by atoms with Gasteiger partial charge >= 0.3 is 0 Å². The summed E-state index contributed by atoms with van der Waals surface area (Å²) in [5, 5.41) is 10.6. The molecule has 1 heterocycles. The van der Waals surface area contributed by atoms with Crippen LogP contribution in [0.3, 0.4) is 0 Å². The molecule has 0 aromatic carbocycles. The quantitative estimate of drug-likeness (QED) is 0.778. The van der Waals surface area contributed by atoms with Crippen LogP contribution in [0.2, 0.25) is 0 Å². The second-order valence-electron chi connectivity index (χ2n) is 4.54. The Labute approximate surface area is 114 Å². The normalized spacial score (nSPS) is 12.2. The molecule has 6 nitrogen and oxygen atoms in total. The molecule has 0 aliphatic heterocycles. The van der Waals surface area contributed by atoms with Crippen LogP contribution in [-0.4, -0.2) is 27.1 Å². The van der Waals surface area contributed by atoms with Gasteiger partial charge < -0.3 is 5.73 Å². The number of nitrogens with two attached hydrogens (primary N) is 1. The van der Waals surface area contributed by atoms with Gasteiger partial charge in [0.2, 0.25) is 11.9 Å². The molecular formula is C13H23N5O. The highest BCUT2D eigenvalue weighted by Crippen LogP contribution is 2.07. The second-order valence-corrected chi connectivity index (χ2v) is 4.54. The molecule has 0 radical (unpaired) electrons. The smallest absolute Gasteiger partial charge is 0.249 e. The fraction of sp³-hybridized carbons (Fsp3) is 0.692. The summed E-state index contributed by atoms with van der Waals surface area (Å²) in [5.74, 6) is 0.108. The largest absolute Gasteiger partial charge is 0.327 e.